The van der Waals surface area contributed by atoms with Crippen LogP contribution < -0.4 is 15.5 Å². The smallest absolute Gasteiger partial charge is 0.271 e. The average Bonchev–Trinajstić information content (AvgIpc) is 2.75. The Morgan fingerprint density at radius 2 is 1.77 bits per heavy atom. The lowest BCUT2D eigenvalue weighted by atomic mass is 10.1. The minimum Gasteiger partial charge on any atom is -0.494 e. The summed E-state index contributed by atoms with van der Waals surface area (Å²) in [5, 5.41) is 6.52. The summed E-state index contributed by atoms with van der Waals surface area (Å²) in [6.45, 7) is 2.49. The van der Waals surface area contributed by atoms with Gasteiger partial charge in [0, 0.05) is 11.3 Å². The van der Waals surface area contributed by atoms with Gasteiger partial charge in [-0.15, -0.1) is 0 Å². The van der Waals surface area contributed by atoms with Crippen LogP contribution in [-0.2, 0) is 0 Å². The third kappa shape index (κ3) is 5.51. The second kappa shape index (κ2) is 9.97. The standard InChI is InChI=1S/C23H20FN3O3/c1-2-30-19-12-10-16(11-13-19)15-25-27-22(28)17-6-5-7-18(14-17)26-23(29)20-8-3-4-9-21(20)24/h3-15H,2H2,1H3,(H,26,29)(H,27,28)/b25-15-. The summed E-state index contributed by atoms with van der Waals surface area (Å²) in [4.78, 5) is 24.5. The van der Waals surface area contributed by atoms with Crippen molar-refractivity contribution in [2.24, 2.45) is 5.10 Å². The minimum atomic E-state index is -0.618. The number of carbonyl (C=O) groups is 2. The number of hydrogen-bond donors (Lipinski definition) is 2. The van der Waals surface area contributed by atoms with Crippen molar-refractivity contribution in [3.63, 3.8) is 0 Å². The Balaban J connectivity index is 1.61. The molecule has 3 rings (SSSR count). The van der Waals surface area contributed by atoms with E-state index in [4.69, 9.17) is 4.74 Å². The average molecular weight is 405 g/mol. The number of amides is 2. The molecule has 152 valence electrons. The second-order valence-electron chi connectivity index (χ2n) is 6.22. The van der Waals surface area contributed by atoms with Crippen molar-refractivity contribution >= 4 is 23.7 Å². The van der Waals surface area contributed by atoms with Gasteiger partial charge in [0.2, 0.25) is 0 Å². The van der Waals surface area contributed by atoms with E-state index in [1.54, 1.807) is 24.3 Å². The van der Waals surface area contributed by atoms with E-state index in [9.17, 15) is 14.0 Å². The van der Waals surface area contributed by atoms with E-state index in [1.807, 2.05) is 31.2 Å². The van der Waals surface area contributed by atoms with Crippen LogP contribution in [0, 0.1) is 5.82 Å². The van der Waals surface area contributed by atoms with Gasteiger partial charge in [-0.25, -0.2) is 9.82 Å². The van der Waals surface area contributed by atoms with Crippen LogP contribution >= 0.6 is 0 Å². The number of nitrogens with zero attached hydrogens (tertiary/aromatic N) is 1. The van der Waals surface area contributed by atoms with E-state index in [0.717, 1.165) is 11.3 Å². The Labute approximate surface area is 173 Å². The van der Waals surface area contributed by atoms with E-state index in [0.29, 0.717) is 17.9 Å². The van der Waals surface area contributed by atoms with Crippen molar-refractivity contribution in [2.75, 3.05) is 11.9 Å². The van der Waals surface area contributed by atoms with Gasteiger partial charge in [0.1, 0.15) is 11.6 Å². The summed E-state index contributed by atoms with van der Waals surface area (Å²) in [5.74, 6) is -0.904. The molecule has 0 heterocycles. The van der Waals surface area contributed by atoms with Crippen LogP contribution in [0.3, 0.4) is 0 Å². The lowest BCUT2D eigenvalue weighted by Crippen LogP contribution is -2.18. The maximum Gasteiger partial charge on any atom is 0.271 e. The van der Waals surface area contributed by atoms with E-state index >= 15 is 0 Å². The van der Waals surface area contributed by atoms with Crippen LogP contribution in [0.2, 0.25) is 0 Å². The van der Waals surface area contributed by atoms with Gasteiger partial charge in [-0.3, -0.25) is 9.59 Å². The van der Waals surface area contributed by atoms with Gasteiger partial charge in [0.25, 0.3) is 11.8 Å². The Kier molecular flexibility index (Phi) is 6.89. The molecule has 0 saturated carbocycles. The Hall–Kier alpha value is -4.00. The Morgan fingerprint density at radius 3 is 2.50 bits per heavy atom. The van der Waals surface area contributed by atoms with Gasteiger partial charge in [0.05, 0.1) is 18.4 Å². The molecule has 0 atom stereocenters. The topological polar surface area (TPSA) is 79.8 Å². The molecule has 0 unspecified atom stereocenters. The summed E-state index contributed by atoms with van der Waals surface area (Å²) in [6, 6.07) is 19.2. The van der Waals surface area contributed by atoms with Gasteiger partial charge in [-0.2, -0.15) is 5.10 Å². The zero-order valence-corrected chi connectivity index (χ0v) is 16.3. The summed E-state index contributed by atoms with van der Waals surface area (Å²) >= 11 is 0. The zero-order valence-electron chi connectivity index (χ0n) is 16.3. The molecule has 0 fully saturated rings. The molecular formula is C23H20FN3O3. The first-order chi connectivity index (χ1) is 14.6. The van der Waals surface area contributed by atoms with Crippen LogP contribution in [-0.4, -0.2) is 24.6 Å². The van der Waals surface area contributed by atoms with Gasteiger partial charge >= 0.3 is 0 Å². The van der Waals surface area contributed by atoms with E-state index in [2.05, 4.69) is 15.8 Å². The number of ether oxygens (including phenoxy) is 1. The first kappa shape index (κ1) is 20.7. The highest BCUT2D eigenvalue weighted by atomic mass is 19.1. The lowest BCUT2D eigenvalue weighted by molar-refractivity contribution is 0.0953. The molecule has 0 aromatic heterocycles. The summed E-state index contributed by atoms with van der Waals surface area (Å²) in [7, 11) is 0. The van der Waals surface area contributed by atoms with Crippen LogP contribution in [0.1, 0.15) is 33.2 Å². The number of carbonyl (C=O) groups excluding carboxylic acids is 2. The number of rotatable bonds is 7. The van der Waals surface area contributed by atoms with Crippen molar-refractivity contribution in [1.82, 2.24) is 5.43 Å². The van der Waals surface area contributed by atoms with Crippen LogP contribution in [0.5, 0.6) is 5.75 Å². The zero-order chi connectivity index (χ0) is 21.3. The molecule has 3 aromatic carbocycles. The van der Waals surface area contributed by atoms with E-state index in [1.165, 1.54) is 30.5 Å². The highest BCUT2D eigenvalue weighted by Crippen LogP contribution is 2.14. The summed E-state index contributed by atoms with van der Waals surface area (Å²) in [6.07, 6.45) is 1.51. The summed E-state index contributed by atoms with van der Waals surface area (Å²) in [5.41, 5.74) is 3.82. The number of nitrogens with one attached hydrogen (secondary N) is 2. The fraction of sp³-hybridized carbons (Fsp3) is 0.0870. The number of hydrazone groups is 1. The molecule has 7 heteroatoms. The number of halogens is 1. The number of hydrogen-bond acceptors (Lipinski definition) is 4. The molecule has 2 amide bonds. The largest absolute Gasteiger partial charge is 0.494 e. The first-order valence-electron chi connectivity index (χ1n) is 9.29. The molecule has 3 aromatic rings. The quantitative estimate of drug-likeness (QED) is 0.456. The molecule has 6 nitrogen and oxygen atoms in total. The van der Waals surface area contributed by atoms with Gasteiger partial charge < -0.3 is 10.1 Å². The molecule has 2 N–H and O–H groups in total. The molecular weight excluding hydrogens is 385 g/mol. The van der Waals surface area contributed by atoms with Crippen molar-refractivity contribution in [1.29, 1.82) is 0 Å². The van der Waals surface area contributed by atoms with Gasteiger partial charge in [0.15, 0.2) is 0 Å². The van der Waals surface area contributed by atoms with E-state index in [-0.39, 0.29) is 5.56 Å². The van der Waals surface area contributed by atoms with Crippen molar-refractivity contribution < 1.29 is 18.7 Å². The number of benzene rings is 3. The summed E-state index contributed by atoms with van der Waals surface area (Å²) < 4.78 is 19.1. The fourth-order valence-electron chi connectivity index (χ4n) is 2.63. The molecule has 0 radical (unpaired) electrons. The third-order valence-electron chi connectivity index (χ3n) is 4.07. The fourth-order valence-corrected chi connectivity index (χ4v) is 2.63. The predicted molar refractivity (Wildman–Crippen MR) is 113 cm³/mol. The van der Waals surface area contributed by atoms with Crippen molar-refractivity contribution in [3.8, 4) is 5.75 Å². The van der Waals surface area contributed by atoms with Crippen molar-refractivity contribution in [2.45, 2.75) is 6.92 Å². The number of anilines is 1. The third-order valence-corrected chi connectivity index (χ3v) is 4.07. The van der Waals surface area contributed by atoms with Gasteiger partial charge in [-0.1, -0.05) is 18.2 Å². The monoisotopic (exact) mass is 405 g/mol. The van der Waals surface area contributed by atoms with Crippen molar-refractivity contribution in [3.05, 3.63) is 95.3 Å². The Bertz CT molecular complexity index is 1070. The van der Waals surface area contributed by atoms with Crippen LogP contribution in [0.15, 0.2) is 77.9 Å². The predicted octanol–water partition coefficient (Wildman–Crippen LogP) is 4.24. The normalized spacial score (nSPS) is 10.6. The molecule has 0 bridgehead atoms. The molecule has 0 aliphatic rings. The molecule has 0 saturated heterocycles. The van der Waals surface area contributed by atoms with E-state index < -0.39 is 17.6 Å². The van der Waals surface area contributed by atoms with Crippen LogP contribution in [0.25, 0.3) is 0 Å². The maximum atomic E-state index is 13.7. The molecule has 30 heavy (non-hydrogen) atoms. The van der Waals surface area contributed by atoms with Gasteiger partial charge in [-0.05, 0) is 67.1 Å². The Morgan fingerprint density at radius 1 is 1.00 bits per heavy atom. The molecule has 0 aliphatic heterocycles. The highest BCUT2D eigenvalue weighted by Gasteiger charge is 2.12. The second-order valence-corrected chi connectivity index (χ2v) is 6.22. The highest BCUT2D eigenvalue weighted by molar-refractivity contribution is 6.05. The maximum absolute atomic E-state index is 13.7. The molecule has 0 spiro atoms. The minimum absolute atomic E-state index is 0.0766. The SMILES string of the molecule is CCOc1ccc(/C=N\NC(=O)c2cccc(NC(=O)c3ccccc3F)c2)cc1. The van der Waals surface area contributed by atoms with Crippen LogP contribution in [0.4, 0.5) is 10.1 Å². The molecule has 0 aliphatic carbocycles. The first-order valence-corrected chi connectivity index (χ1v) is 9.29. The lowest BCUT2D eigenvalue weighted by Gasteiger charge is -2.07.